The van der Waals surface area contributed by atoms with Crippen LogP contribution in [0.5, 0.6) is 0 Å². The van der Waals surface area contributed by atoms with Crippen molar-refractivity contribution >= 4 is 12.4 Å². The largest absolute Gasteiger partial charge is 0.372 e. The second kappa shape index (κ2) is 5.52. The summed E-state index contributed by atoms with van der Waals surface area (Å²) in [6.07, 6.45) is 4.56. The fraction of sp³-hybridized carbons (Fsp3) is 0.308. The average Bonchev–Trinajstić information content (AvgIpc) is 2.91. The molecule has 0 saturated carbocycles. The van der Waals surface area contributed by atoms with Gasteiger partial charge in [0.1, 0.15) is 5.82 Å². The van der Waals surface area contributed by atoms with Crippen LogP contribution in [0.1, 0.15) is 17.2 Å². The van der Waals surface area contributed by atoms with E-state index < -0.39 is 0 Å². The lowest BCUT2D eigenvalue weighted by molar-refractivity contribution is 0.0486. The second-order valence-corrected chi connectivity index (χ2v) is 4.16. The third-order valence-electron chi connectivity index (χ3n) is 3.20. The molecule has 3 rings (SSSR count). The van der Waals surface area contributed by atoms with E-state index in [2.05, 4.69) is 22.1 Å². The van der Waals surface area contributed by atoms with E-state index in [1.165, 1.54) is 11.1 Å². The van der Waals surface area contributed by atoms with Crippen LogP contribution in [-0.2, 0) is 11.2 Å². The Labute approximate surface area is 112 Å². The molecule has 5 heteroatoms. The van der Waals surface area contributed by atoms with Gasteiger partial charge in [0.05, 0.1) is 12.7 Å². The third-order valence-corrected chi connectivity index (χ3v) is 3.20. The van der Waals surface area contributed by atoms with Gasteiger partial charge in [-0.25, -0.2) is 4.98 Å². The number of benzene rings is 1. The minimum Gasteiger partial charge on any atom is -0.372 e. The first-order valence-corrected chi connectivity index (χ1v) is 5.83. The fourth-order valence-corrected chi connectivity index (χ4v) is 2.41. The van der Waals surface area contributed by atoms with E-state index in [0.29, 0.717) is 6.54 Å². The molecule has 4 nitrogen and oxygen atoms in total. The number of aromatic nitrogens is 2. The number of nitrogens with zero attached hydrogens (tertiary/aromatic N) is 1. The Morgan fingerprint density at radius 1 is 1.44 bits per heavy atom. The first-order chi connectivity index (χ1) is 8.40. The van der Waals surface area contributed by atoms with Gasteiger partial charge in [0.15, 0.2) is 0 Å². The highest BCUT2D eigenvalue weighted by Gasteiger charge is 2.22. The summed E-state index contributed by atoms with van der Waals surface area (Å²) >= 11 is 0. The van der Waals surface area contributed by atoms with Crippen molar-refractivity contribution in [2.75, 3.05) is 13.2 Å². The Morgan fingerprint density at radius 2 is 2.33 bits per heavy atom. The van der Waals surface area contributed by atoms with Crippen LogP contribution in [0.4, 0.5) is 0 Å². The number of rotatable bonds is 2. The molecule has 18 heavy (non-hydrogen) atoms. The van der Waals surface area contributed by atoms with Crippen molar-refractivity contribution in [2.24, 2.45) is 5.73 Å². The van der Waals surface area contributed by atoms with Crippen molar-refractivity contribution in [3.63, 3.8) is 0 Å². The number of aromatic amines is 1. The third kappa shape index (κ3) is 2.14. The Balaban J connectivity index is 0.00000120. The first-order valence-electron chi connectivity index (χ1n) is 5.83. The smallest absolute Gasteiger partial charge is 0.137 e. The SMILES string of the molecule is Cl.NC[C@H]1OCCc2c(-c3ncc[nH]3)cccc21. The maximum atomic E-state index is 5.74. The van der Waals surface area contributed by atoms with E-state index in [9.17, 15) is 0 Å². The molecule has 96 valence electrons. The number of ether oxygens (including phenoxy) is 1. The molecule has 1 atom stereocenters. The van der Waals surface area contributed by atoms with Crippen molar-refractivity contribution < 1.29 is 4.74 Å². The van der Waals surface area contributed by atoms with Gasteiger partial charge >= 0.3 is 0 Å². The lowest BCUT2D eigenvalue weighted by atomic mass is 9.92. The number of nitrogens with one attached hydrogen (secondary N) is 1. The van der Waals surface area contributed by atoms with Gasteiger partial charge in [0, 0.05) is 24.5 Å². The number of hydrogen-bond donors (Lipinski definition) is 2. The van der Waals surface area contributed by atoms with Crippen LogP contribution in [0.25, 0.3) is 11.4 Å². The lowest BCUT2D eigenvalue weighted by Gasteiger charge is -2.26. The Kier molecular flexibility index (Phi) is 4.01. The Bertz CT molecular complexity index is 513. The molecule has 0 unspecified atom stereocenters. The summed E-state index contributed by atoms with van der Waals surface area (Å²) < 4.78 is 5.67. The standard InChI is InChI=1S/C13H15N3O.ClH/c14-8-12-10-2-1-3-11(9(10)4-7-17-12)13-15-5-6-16-13;/h1-3,5-6,12H,4,7-8,14H2,(H,15,16);1H/t12-;/m1./s1. The molecule has 0 spiro atoms. The maximum absolute atomic E-state index is 5.74. The Morgan fingerprint density at radius 3 is 3.06 bits per heavy atom. The molecule has 0 amide bonds. The Hall–Kier alpha value is -1.36. The van der Waals surface area contributed by atoms with E-state index >= 15 is 0 Å². The van der Waals surface area contributed by atoms with Gasteiger partial charge in [-0.1, -0.05) is 18.2 Å². The fourth-order valence-electron chi connectivity index (χ4n) is 2.41. The number of hydrogen-bond acceptors (Lipinski definition) is 3. The molecule has 2 heterocycles. The molecule has 2 aromatic rings. The zero-order chi connectivity index (χ0) is 11.7. The average molecular weight is 266 g/mol. The van der Waals surface area contributed by atoms with Crippen molar-refractivity contribution in [3.8, 4) is 11.4 Å². The molecule has 0 bridgehead atoms. The first kappa shape index (κ1) is 13.1. The molecule has 0 radical (unpaired) electrons. The normalized spacial score (nSPS) is 17.9. The number of fused-ring (bicyclic) bond motifs is 1. The van der Waals surface area contributed by atoms with Crippen LogP contribution in [0, 0.1) is 0 Å². The van der Waals surface area contributed by atoms with Crippen LogP contribution in [0.15, 0.2) is 30.6 Å². The summed E-state index contributed by atoms with van der Waals surface area (Å²) in [5, 5.41) is 0. The summed E-state index contributed by atoms with van der Waals surface area (Å²) in [5.41, 5.74) is 9.41. The van der Waals surface area contributed by atoms with Crippen molar-refractivity contribution in [1.82, 2.24) is 9.97 Å². The van der Waals surface area contributed by atoms with Crippen molar-refractivity contribution in [3.05, 3.63) is 41.7 Å². The van der Waals surface area contributed by atoms with Gasteiger partial charge in [-0.2, -0.15) is 0 Å². The van der Waals surface area contributed by atoms with Gasteiger partial charge in [0.2, 0.25) is 0 Å². The van der Waals surface area contributed by atoms with Crippen LogP contribution in [0.2, 0.25) is 0 Å². The minimum atomic E-state index is 0. The van der Waals surface area contributed by atoms with Crippen LogP contribution < -0.4 is 5.73 Å². The predicted octanol–water partition coefficient (Wildman–Crippen LogP) is 2.07. The van der Waals surface area contributed by atoms with Crippen LogP contribution in [-0.4, -0.2) is 23.1 Å². The summed E-state index contributed by atoms with van der Waals surface area (Å²) in [6.45, 7) is 1.25. The molecule has 1 aromatic carbocycles. The highest BCUT2D eigenvalue weighted by Crippen LogP contribution is 2.32. The van der Waals surface area contributed by atoms with E-state index in [4.69, 9.17) is 10.5 Å². The highest BCUT2D eigenvalue weighted by molar-refractivity contribution is 5.85. The quantitative estimate of drug-likeness (QED) is 0.874. The molecule has 0 fully saturated rings. The van der Waals surface area contributed by atoms with Crippen LogP contribution in [0.3, 0.4) is 0 Å². The molecule has 1 aliphatic rings. The topological polar surface area (TPSA) is 63.9 Å². The molecule has 0 saturated heterocycles. The van der Waals surface area contributed by atoms with E-state index in [1.807, 2.05) is 12.3 Å². The molecule has 1 aromatic heterocycles. The molecular weight excluding hydrogens is 250 g/mol. The summed E-state index contributed by atoms with van der Waals surface area (Å²) in [7, 11) is 0. The second-order valence-electron chi connectivity index (χ2n) is 4.16. The predicted molar refractivity (Wildman–Crippen MR) is 72.7 cm³/mol. The number of nitrogens with two attached hydrogens (primary N) is 1. The lowest BCUT2D eigenvalue weighted by Crippen LogP contribution is -2.23. The molecule has 3 N–H and O–H groups in total. The number of imidazole rings is 1. The molecule has 0 aliphatic carbocycles. The van der Waals surface area contributed by atoms with E-state index in [-0.39, 0.29) is 18.5 Å². The van der Waals surface area contributed by atoms with Gasteiger partial charge in [0.25, 0.3) is 0 Å². The molecule has 1 aliphatic heterocycles. The van der Waals surface area contributed by atoms with E-state index in [0.717, 1.165) is 24.4 Å². The highest BCUT2D eigenvalue weighted by atomic mass is 35.5. The van der Waals surface area contributed by atoms with Gasteiger partial charge in [-0.15, -0.1) is 12.4 Å². The zero-order valence-corrected chi connectivity index (χ0v) is 10.7. The van der Waals surface area contributed by atoms with Crippen molar-refractivity contribution in [1.29, 1.82) is 0 Å². The summed E-state index contributed by atoms with van der Waals surface area (Å²) in [6, 6.07) is 6.23. The van der Waals surface area contributed by atoms with Gasteiger partial charge < -0.3 is 15.5 Å². The summed E-state index contributed by atoms with van der Waals surface area (Å²) in [5.74, 6) is 0.916. The summed E-state index contributed by atoms with van der Waals surface area (Å²) in [4.78, 5) is 7.47. The van der Waals surface area contributed by atoms with Crippen molar-refractivity contribution in [2.45, 2.75) is 12.5 Å². The molecular formula is C13H16ClN3O. The monoisotopic (exact) mass is 265 g/mol. The van der Waals surface area contributed by atoms with Gasteiger partial charge in [-0.3, -0.25) is 0 Å². The van der Waals surface area contributed by atoms with Crippen LogP contribution >= 0.6 is 12.4 Å². The maximum Gasteiger partial charge on any atom is 0.137 e. The number of halogens is 1. The minimum absolute atomic E-state index is 0. The van der Waals surface area contributed by atoms with E-state index in [1.54, 1.807) is 6.20 Å². The van der Waals surface area contributed by atoms with Gasteiger partial charge in [-0.05, 0) is 17.5 Å². The zero-order valence-electron chi connectivity index (χ0n) is 9.93. The number of H-pyrrole nitrogens is 1.